The monoisotopic (exact) mass is 284 g/mol. The molecule has 0 bridgehead atoms. The summed E-state index contributed by atoms with van der Waals surface area (Å²) in [7, 11) is 0. The molecule has 2 aliphatic rings. The third-order valence-corrected chi connectivity index (χ3v) is 3.90. The SMILES string of the molecule is CC(C)(C)OC(=O)NC1CC(NCC2CCOCC2)C1. The van der Waals surface area contributed by atoms with E-state index < -0.39 is 5.60 Å². The van der Waals surface area contributed by atoms with Gasteiger partial charge in [0.15, 0.2) is 0 Å². The Hall–Kier alpha value is -0.810. The van der Waals surface area contributed by atoms with Crippen LogP contribution in [0.15, 0.2) is 0 Å². The van der Waals surface area contributed by atoms with Gasteiger partial charge in [0.2, 0.25) is 0 Å². The molecule has 0 aromatic carbocycles. The van der Waals surface area contributed by atoms with Gasteiger partial charge in [0.25, 0.3) is 0 Å². The van der Waals surface area contributed by atoms with Gasteiger partial charge in [-0.25, -0.2) is 4.79 Å². The number of carbonyl (C=O) groups excluding carboxylic acids is 1. The minimum atomic E-state index is -0.422. The first-order chi connectivity index (χ1) is 9.42. The Kier molecular flexibility index (Phi) is 5.27. The molecule has 5 nitrogen and oxygen atoms in total. The summed E-state index contributed by atoms with van der Waals surface area (Å²) in [4.78, 5) is 11.6. The molecular formula is C15H28N2O3. The Bertz CT molecular complexity index is 316. The van der Waals surface area contributed by atoms with Gasteiger partial charge >= 0.3 is 6.09 Å². The van der Waals surface area contributed by atoms with Gasteiger partial charge in [0.05, 0.1) is 0 Å². The van der Waals surface area contributed by atoms with Crippen molar-refractivity contribution in [2.24, 2.45) is 5.92 Å². The first kappa shape index (κ1) is 15.6. The molecule has 1 saturated heterocycles. The average molecular weight is 284 g/mol. The molecule has 1 aliphatic heterocycles. The normalized spacial score (nSPS) is 27.8. The molecule has 116 valence electrons. The van der Waals surface area contributed by atoms with Crippen LogP contribution in [0.25, 0.3) is 0 Å². The van der Waals surface area contributed by atoms with E-state index in [-0.39, 0.29) is 12.1 Å². The Morgan fingerprint density at radius 3 is 2.45 bits per heavy atom. The second-order valence-electron chi connectivity index (χ2n) is 6.98. The third-order valence-electron chi connectivity index (χ3n) is 3.90. The van der Waals surface area contributed by atoms with Crippen LogP contribution < -0.4 is 10.6 Å². The van der Waals surface area contributed by atoms with E-state index in [1.165, 1.54) is 12.8 Å². The van der Waals surface area contributed by atoms with Crippen molar-refractivity contribution in [3.05, 3.63) is 0 Å². The summed E-state index contributed by atoms with van der Waals surface area (Å²) in [5, 5.41) is 6.51. The molecular weight excluding hydrogens is 256 g/mol. The molecule has 20 heavy (non-hydrogen) atoms. The number of hydrogen-bond acceptors (Lipinski definition) is 4. The molecule has 0 spiro atoms. The fourth-order valence-electron chi connectivity index (χ4n) is 2.66. The largest absolute Gasteiger partial charge is 0.444 e. The van der Waals surface area contributed by atoms with Crippen molar-refractivity contribution in [1.29, 1.82) is 0 Å². The third kappa shape index (κ3) is 5.29. The van der Waals surface area contributed by atoms with Gasteiger partial charge < -0.3 is 20.1 Å². The summed E-state index contributed by atoms with van der Waals surface area (Å²) >= 11 is 0. The van der Waals surface area contributed by atoms with Crippen molar-refractivity contribution in [3.8, 4) is 0 Å². The van der Waals surface area contributed by atoms with Gasteiger partial charge in [-0.15, -0.1) is 0 Å². The standard InChI is InChI=1S/C15H28N2O3/c1-15(2,3)20-14(18)17-13-8-12(9-13)16-10-11-4-6-19-7-5-11/h11-13,16H,4-10H2,1-3H3,(H,17,18). The van der Waals surface area contributed by atoms with E-state index in [1.54, 1.807) is 0 Å². The van der Waals surface area contributed by atoms with Gasteiger partial charge in [-0.2, -0.15) is 0 Å². The number of alkyl carbamates (subject to hydrolysis) is 1. The molecule has 1 heterocycles. The molecule has 1 saturated carbocycles. The van der Waals surface area contributed by atoms with Gasteiger partial charge in [0.1, 0.15) is 5.60 Å². The number of hydrogen-bond donors (Lipinski definition) is 2. The van der Waals surface area contributed by atoms with E-state index >= 15 is 0 Å². The Labute approximate surface area is 121 Å². The molecule has 2 fully saturated rings. The number of rotatable bonds is 4. The smallest absolute Gasteiger partial charge is 0.407 e. The van der Waals surface area contributed by atoms with Crippen molar-refractivity contribution >= 4 is 6.09 Å². The molecule has 2 rings (SSSR count). The zero-order chi connectivity index (χ0) is 14.6. The maximum absolute atomic E-state index is 11.6. The molecule has 0 unspecified atom stereocenters. The Morgan fingerprint density at radius 2 is 1.85 bits per heavy atom. The average Bonchev–Trinajstić information content (AvgIpc) is 2.31. The van der Waals surface area contributed by atoms with Crippen LogP contribution in [-0.4, -0.2) is 43.5 Å². The van der Waals surface area contributed by atoms with E-state index in [0.29, 0.717) is 6.04 Å². The molecule has 1 amide bonds. The van der Waals surface area contributed by atoms with Crippen molar-refractivity contribution in [1.82, 2.24) is 10.6 Å². The predicted octanol–water partition coefficient (Wildman–Crippen LogP) is 2.06. The topological polar surface area (TPSA) is 59.6 Å². The van der Waals surface area contributed by atoms with E-state index in [0.717, 1.165) is 38.5 Å². The van der Waals surface area contributed by atoms with Crippen molar-refractivity contribution < 1.29 is 14.3 Å². The Balaban J connectivity index is 1.54. The lowest BCUT2D eigenvalue weighted by atomic mass is 9.86. The summed E-state index contributed by atoms with van der Waals surface area (Å²) in [5.74, 6) is 0.751. The molecule has 1 aliphatic carbocycles. The highest BCUT2D eigenvalue weighted by molar-refractivity contribution is 5.68. The highest BCUT2D eigenvalue weighted by Gasteiger charge is 2.31. The summed E-state index contributed by atoms with van der Waals surface area (Å²) in [6, 6.07) is 0.801. The summed E-state index contributed by atoms with van der Waals surface area (Å²) in [6.45, 7) is 8.52. The van der Waals surface area contributed by atoms with Crippen LogP contribution in [-0.2, 0) is 9.47 Å². The number of amides is 1. The van der Waals surface area contributed by atoms with E-state index in [9.17, 15) is 4.79 Å². The number of nitrogens with one attached hydrogen (secondary N) is 2. The van der Waals surface area contributed by atoms with E-state index in [1.807, 2.05) is 20.8 Å². The van der Waals surface area contributed by atoms with Gasteiger partial charge in [0, 0.05) is 25.3 Å². The van der Waals surface area contributed by atoms with Crippen LogP contribution in [0.3, 0.4) is 0 Å². The maximum Gasteiger partial charge on any atom is 0.407 e. The fourth-order valence-corrected chi connectivity index (χ4v) is 2.66. The highest BCUT2D eigenvalue weighted by atomic mass is 16.6. The molecule has 0 aromatic heterocycles. The zero-order valence-corrected chi connectivity index (χ0v) is 12.9. The number of carbonyl (C=O) groups is 1. The van der Waals surface area contributed by atoms with E-state index in [2.05, 4.69) is 10.6 Å². The van der Waals surface area contributed by atoms with Crippen LogP contribution >= 0.6 is 0 Å². The maximum atomic E-state index is 11.6. The summed E-state index contributed by atoms with van der Waals surface area (Å²) in [5.41, 5.74) is -0.422. The molecule has 2 N–H and O–H groups in total. The van der Waals surface area contributed by atoms with Gasteiger partial charge in [-0.1, -0.05) is 0 Å². The molecule has 0 aromatic rings. The minimum Gasteiger partial charge on any atom is -0.444 e. The van der Waals surface area contributed by atoms with Crippen LogP contribution in [0.4, 0.5) is 4.79 Å². The lowest BCUT2D eigenvalue weighted by Crippen LogP contribution is -2.54. The second kappa shape index (κ2) is 6.76. The summed E-state index contributed by atoms with van der Waals surface area (Å²) < 4.78 is 10.6. The molecule has 0 radical (unpaired) electrons. The second-order valence-corrected chi connectivity index (χ2v) is 6.98. The van der Waals surface area contributed by atoms with Crippen LogP contribution in [0, 0.1) is 5.92 Å². The van der Waals surface area contributed by atoms with Gasteiger partial charge in [-0.3, -0.25) is 0 Å². The molecule has 5 heteroatoms. The highest BCUT2D eigenvalue weighted by Crippen LogP contribution is 2.22. The fraction of sp³-hybridized carbons (Fsp3) is 0.933. The first-order valence-electron chi connectivity index (χ1n) is 7.73. The molecule has 0 atom stereocenters. The van der Waals surface area contributed by atoms with Crippen LogP contribution in [0.5, 0.6) is 0 Å². The lowest BCUT2D eigenvalue weighted by Gasteiger charge is -2.37. The quantitative estimate of drug-likeness (QED) is 0.829. The van der Waals surface area contributed by atoms with Crippen LogP contribution in [0.2, 0.25) is 0 Å². The predicted molar refractivity (Wildman–Crippen MR) is 77.7 cm³/mol. The number of ether oxygens (including phenoxy) is 2. The van der Waals surface area contributed by atoms with Crippen molar-refractivity contribution in [2.45, 2.75) is 64.1 Å². The van der Waals surface area contributed by atoms with E-state index in [4.69, 9.17) is 9.47 Å². The minimum absolute atomic E-state index is 0.261. The zero-order valence-electron chi connectivity index (χ0n) is 12.9. The van der Waals surface area contributed by atoms with Gasteiger partial charge in [-0.05, 0) is 58.9 Å². The van der Waals surface area contributed by atoms with Crippen LogP contribution in [0.1, 0.15) is 46.5 Å². The van der Waals surface area contributed by atoms with Crippen molar-refractivity contribution in [2.75, 3.05) is 19.8 Å². The lowest BCUT2D eigenvalue weighted by molar-refractivity contribution is 0.0454. The Morgan fingerprint density at radius 1 is 1.20 bits per heavy atom. The summed E-state index contributed by atoms with van der Waals surface area (Å²) in [6.07, 6.45) is 4.04. The first-order valence-corrected chi connectivity index (χ1v) is 7.73. The van der Waals surface area contributed by atoms with Crippen molar-refractivity contribution in [3.63, 3.8) is 0 Å².